The Labute approximate surface area is 107 Å². The zero-order chi connectivity index (χ0) is 9.94. The first-order valence-corrected chi connectivity index (χ1v) is 6.18. The quantitative estimate of drug-likeness (QED) is 0.532. The summed E-state index contributed by atoms with van der Waals surface area (Å²) in [5, 5.41) is 0. The van der Waals surface area contributed by atoms with Crippen molar-refractivity contribution in [3.8, 4) is 0 Å². The molecule has 2 nitrogen and oxygen atoms in total. The average Bonchev–Trinajstić information content (AvgIpc) is 2.17. The van der Waals surface area contributed by atoms with Crippen molar-refractivity contribution in [2.45, 2.75) is 59.3 Å². The Kier molecular flexibility index (Phi) is 23.3. The largest absolute Gasteiger partial charge is 1.00 e. The number of quaternary nitrogens is 1. The van der Waals surface area contributed by atoms with Crippen LogP contribution in [0, 0.1) is 0 Å². The molecule has 0 aromatic heterocycles. The van der Waals surface area contributed by atoms with Crippen LogP contribution in [0.2, 0.25) is 0 Å². The molecule has 0 saturated carbocycles. The van der Waals surface area contributed by atoms with Crippen LogP contribution < -0.4 is 21.9 Å². The molecule has 0 heterocycles. The minimum absolute atomic E-state index is 0. The van der Waals surface area contributed by atoms with E-state index in [1.807, 2.05) is 4.90 Å². The lowest BCUT2D eigenvalue weighted by molar-refractivity contribution is -0.900. The van der Waals surface area contributed by atoms with Crippen molar-refractivity contribution in [2.24, 2.45) is 0 Å². The Balaban J connectivity index is -0.000000720. The summed E-state index contributed by atoms with van der Waals surface area (Å²) in [6.07, 6.45) is 8.26. The second-order valence-electron chi connectivity index (χ2n) is 4.06. The zero-order valence-electron chi connectivity index (χ0n) is 10.7. The molecular formula is C12H30BrNO. The van der Waals surface area contributed by atoms with Crippen LogP contribution in [0.4, 0.5) is 0 Å². The highest BCUT2D eigenvalue weighted by molar-refractivity contribution is 4.37. The summed E-state index contributed by atoms with van der Waals surface area (Å²) >= 11 is 0. The number of nitrogens with one attached hydrogen (secondary N) is 1. The molecule has 0 aromatic rings. The maximum Gasteiger partial charge on any atom is 0.0770 e. The molecule has 15 heavy (non-hydrogen) atoms. The maximum absolute atomic E-state index is 2.29. The van der Waals surface area contributed by atoms with Gasteiger partial charge in [0.15, 0.2) is 0 Å². The van der Waals surface area contributed by atoms with E-state index >= 15 is 0 Å². The molecule has 0 aromatic carbocycles. The molecular weight excluding hydrogens is 254 g/mol. The average molecular weight is 284 g/mol. The molecule has 0 fully saturated rings. The van der Waals surface area contributed by atoms with Crippen molar-refractivity contribution in [3.05, 3.63) is 0 Å². The van der Waals surface area contributed by atoms with Gasteiger partial charge in [0, 0.05) is 0 Å². The molecule has 0 atom stereocenters. The smallest absolute Gasteiger partial charge is 0.0770 e. The second-order valence-corrected chi connectivity index (χ2v) is 4.06. The molecule has 0 radical (unpaired) electrons. The lowest BCUT2D eigenvalue weighted by Crippen LogP contribution is -3.12. The molecule has 0 aliphatic heterocycles. The van der Waals surface area contributed by atoms with E-state index in [1.54, 1.807) is 0 Å². The van der Waals surface area contributed by atoms with E-state index in [9.17, 15) is 0 Å². The van der Waals surface area contributed by atoms with Gasteiger partial charge in [-0.05, 0) is 19.3 Å². The van der Waals surface area contributed by atoms with Crippen molar-refractivity contribution in [3.63, 3.8) is 0 Å². The predicted molar refractivity (Wildman–Crippen MR) is 63.9 cm³/mol. The van der Waals surface area contributed by atoms with Gasteiger partial charge in [-0.15, -0.1) is 0 Å². The van der Waals surface area contributed by atoms with E-state index < -0.39 is 0 Å². The molecule has 0 spiro atoms. The Morgan fingerprint density at radius 1 is 0.667 bits per heavy atom. The van der Waals surface area contributed by atoms with Gasteiger partial charge in [-0.25, -0.2) is 0 Å². The van der Waals surface area contributed by atoms with Crippen LogP contribution in [0.25, 0.3) is 0 Å². The Hall–Kier alpha value is 0.400. The fourth-order valence-electron chi connectivity index (χ4n) is 1.66. The second kappa shape index (κ2) is 16.8. The Morgan fingerprint density at radius 3 is 1.13 bits per heavy atom. The molecule has 0 amide bonds. The van der Waals surface area contributed by atoms with Crippen LogP contribution in [0.1, 0.15) is 59.3 Å². The van der Waals surface area contributed by atoms with E-state index in [0.29, 0.717) is 0 Å². The van der Waals surface area contributed by atoms with Gasteiger partial charge in [-0.2, -0.15) is 0 Å². The van der Waals surface area contributed by atoms with Gasteiger partial charge in [-0.3, -0.25) is 0 Å². The maximum atomic E-state index is 2.29. The fourth-order valence-corrected chi connectivity index (χ4v) is 1.66. The fraction of sp³-hybridized carbons (Fsp3) is 1.00. The Bertz CT molecular complexity index is 82.6. The van der Waals surface area contributed by atoms with E-state index in [1.165, 1.54) is 58.2 Å². The minimum atomic E-state index is 0. The number of hydrogen-bond acceptors (Lipinski definition) is 0. The topological polar surface area (TPSA) is 35.9 Å². The Morgan fingerprint density at radius 2 is 0.933 bits per heavy atom. The number of halogens is 1. The van der Waals surface area contributed by atoms with Gasteiger partial charge in [-0.1, -0.05) is 40.0 Å². The van der Waals surface area contributed by atoms with Crippen LogP contribution in [0.3, 0.4) is 0 Å². The first-order chi connectivity index (χ1) is 6.35. The van der Waals surface area contributed by atoms with Gasteiger partial charge in [0.05, 0.1) is 19.6 Å². The van der Waals surface area contributed by atoms with Crippen molar-refractivity contribution < 1.29 is 27.4 Å². The monoisotopic (exact) mass is 283 g/mol. The third-order valence-corrected chi connectivity index (χ3v) is 2.65. The molecule has 0 bridgehead atoms. The SMILES string of the molecule is CCCC[NH+](CCCC)CCCC.O.[Br-]. The third-order valence-electron chi connectivity index (χ3n) is 2.65. The highest BCUT2D eigenvalue weighted by Crippen LogP contribution is 1.85. The summed E-state index contributed by atoms with van der Waals surface area (Å²) in [4.78, 5) is 1.84. The van der Waals surface area contributed by atoms with Crippen molar-refractivity contribution in [1.82, 2.24) is 0 Å². The van der Waals surface area contributed by atoms with Crippen molar-refractivity contribution >= 4 is 0 Å². The van der Waals surface area contributed by atoms with E-state index in [4.69, 9.17) is 0 Å². The van der Waals surface area contributed by atoms with Gasteiger partial charge >= 0.3 is 0 Å². The lowest BCUT2D eigenvalue weighted by Gasteiger charge is -2.18. The molecule has 3 heteroatoms. The van der Waals surface area contributed by atoms with Crippen molar-refractivity contribution in [2.75, 3.05) is 19.6 Å². The van der Waals surface area contributed by atoms with Crippen LogP contribution in [0.5, 0.6) is 0 Å². The summed E-state index contributed by atoms with van der Waals surface area (Å²) in [7, 11) is 0. The summed E-state index contributed by atoms with van der Waals surface area (Å²) in [6, 6.07) is 0. The highest BCUT2D eigenvalue weighted by Gasteiger charge is 2.05. The molecule has 0 rings (SSSR count). The third kappa shape index (κ3) is 14.4. The molecule has 3 N–H and O–H groups in total. The molecule has 0 aliphatic carbocycles. The van der Waals surface area contributed by atoms with Gasteiger partial charge in [0.25, 0.3) is 0 Å². The van der Waals surface area contributed by atoms with Crippen LogP contribution in [0.15, 0.2) is 0 Å². The van der Waals surface area contributed by atoms with Gasteiger partial charge in [0.1, 0.15) is 0 Å². The normalized spacial score (nSPS) is 9.60. The molecule has 96 valence electrons. The van der Waals surface area contributed by atoms with E-state index in [2.05, 4.69) is 20.8 Å². The van der Waals surface area contributed by atoms with Crippen LogP contribution >= 0.6 is 0 Å². The molecule has 0 aliphatic rings. The zero-order valence-corrected chi connectivity index (χ0v) is 12.3. The minimum Gasteiger partial charge on any atom is -1.00 e. The summed E-state index contributed by atoms with van der Waals surface area (Å²) in [5.41, 5.74) is 0. The number of unbranched alkanes of at least 4 members (excludes halogenated alkanes) is 3. The van der Waals surface area contributed by atoms with Crippen LogP contribution in [-0.4, -0.2) is 25.1 Å². The van der Waals surface area contributed by atoms with Gasteiger partial charge < -0.3 is 27.4 Å². The predicted octanol–water partition coefficient (Wildman–Crippen LogP) is -1.55. The van der Waals surface area contributed by atoms with E-state index in [0.717, 1.165) is 0 Å². The number of rotatable bonds is 9. The highest BCUT2D eigenvalue weighted by atomic mass is 79.9. The molecule has 0 unspecified atom stereocenters. The van der Waals surface area contributed by atoms with Gasteiger partial charge in [0.2, 0.25) is 0 Å². The lowest BCUT2D eigenvalue weighted by atomic mass is 10.2. The van der Waals surface area contributed by atoms with Crippen molar-refractivity contribution in [1.29, 1.82) is 0 Å². The van der Waals surface area contributed by atoms with Crippen LogP contribution in [-0.2, 0) is 0 Å². The first kappa shape index (κ1) is 20.8. The standard InChI is InChI=1S/C12H27N.BrH.H2O/c1-4-7-10-13(11-8-5-2)12-9-6-3;;/h4-12H2,1-3H3;1H;1H2. The summed E-state index contributed by atoms with van der Waals surface area (Å²) in [6.45, 7) is 11.1. The summed E-state index contributed by atoms with van der Waals surface area (Å²) < 4.78 is 0. The van der Waals surface area contributed by atoms with E-state index in [-0.39, 0.29) is 22.5 Å². The first-order valence-electron chi connectivity index (χ1n) is 6.18. The number of hydrogen-bond donors (Lipinski definition) is 1. The molecule has 0 saturated heterocycles. The summed E-state index contributed by atoms with van der Waals surface area (Å²) in [5.74, 6) is 0.